The molecule has 10 nitrogen and oxygen atoms in total. The van der Waals surface area contributed by atoms with E-state index in [0.29, 0.717) is 51.8 Å². The number of fused-ring (bicyclic) bond motifs is 6. The van der Waals surface area contributed by atoms with E-state index in [9.17, 15) is 5.26 Å². The minimum Gasteiger partial charge on any atom is -0.309 e. The van der Waals surface area contributed by atoms with E-state index in [0.717, 1.165) is 88.4 Å². The van der Waals surface area contributed by atoms with Crippen LogP contribution in [0.3, 0.4) is 0 Å². The van der Waals surface area contributed by atoms with E-state index < -0.39 is 0 Å². The molecular formula is C66H40N10. The van der Waals surface area contributed by atoms with Gasteiger partial charge in [-0.15, -0.1) is 0 Å². The standard InChI is InChI=1S/C66H40N10/c67-41-48-27-17-32-57(75-53-30-15-13-28-49(53)51-39-46(34-36-55(51)75)65-71-61(42-19-5-1-6-20-42)69-62(72-65)43-21-7-2-8-22-43)59(48)60-58(33-18-38-68-60)76-54-31-16-14-29-50(54)52-40-47(35-37-56(52)76)66-73-63(44-23-9-3-10-24-44)70-64(74-66)45-25-11-4-12-26-45/h1-40H. The summed E-state index contributed by atoms with van der Waals surface area (Å²) in [7, 11) is 0. The van der Waals surface area contributed by atoms with E-state index in [1.807, 2.05) is 140 Å². The van der Waals surface area contributed by atoms with Crippen LogP contribution in [0.25, 0.3) is 135 Å². The molecule has 0 N–H and O–H groups in total. The van der Waals surface area contributed by atoms with Gasteiger partial charge in [0.25, 0.3) is 0 Å². The van der Waals surface area contributed by atoms with Crippen molar-refractivity contribution in [2.45, 2.75) is 0 Å². The molecular weight excluding hydrogens is 933 g/mol. The molecule has 0 aliphatic rings. The van der Waals surface area contributed by atoms with E-state index >= 15 is 0 Å². The first-order valence-corrected chi connectivity index (χ1v) is 25.0. The molecule has 354 valence electrons. The molecule has 0 bridgehead atoms. The van der Waals surface area contributed by atoms with Crippen molar-refractivity contribution in [3.8, 4) is 97.0 Å². The summed E-state index contributed by atoms with van der Waals surface area (Å²) >= 11 is 0. The monoisotopic (exact) mass is 972 g/mol. The number of nitrogens with zero attached hydrogens (tertiary/aromatic N) is 10. The van der Waals surface area contributed by atoms with Crippen LogP contribution in [-0.4, -0.2) is 44.0 Å². The van der Waals surface area contributed by atoms with Crippen LogP contribution in [0.5, 0.6) is 0 Å². The van der Waals surface area contributed by atoms with Crippen molar-refractivity contribution < 1.29 is 0 Å². The number of pyridine rings is 1. The van der Waals surface area contributed by atoms with Gasteiger partial charge in [-0.2, -0.15) is 5.26 Å². The number of rotatable bonds is 9. The Morgan fingerprint density at radius 1 is 0.303 bits per heavy atom. The van der Waals surface area contributed by atoms with E-state index in [1.54, 1.807) is 6.20 Å². The second-order valence-electron chi connectivity index (χ2n) is 18.4. The van der Waals surface area contributed by atoms with Gasteiger partial charge >= 0.3 is 0 Å². The second kappa shape index (κ2) is 18.4. The van der Waals surface area contributed by atoms with Gasteiger partial charge in [0.05, 0.1) is 50.8 Å². The Bertz CT molecular complexity index is 4470. The topological polar surface area (TPSA) is 124 Å². The number of benzene rings is 9. The highest BCUT2D eigenvalue weighted by Gasteiger charge is 2.25. The predicted molar refractivity (Wildman–Crippen MR) is 302 cm³/mol. The Hall–Kier alpha value is -10.8. The van der Waals surface area contributed by atoms with Crippen molar-refractivity contribution in [2.24, 2.45) is 0 Å². The van der Waals surface area contributed by atoms with Gasteiger partial charge in [0.15, 0.2) is 34.9 Å². The molecule has 76 heavy (non-hydrogen) atoms. The molecule has 0 radical (unpaired) electrons. The molecule has 9 aromatic carbocycles. The smallest absolute Gasteiger partial charge is 0.164 e. The Kier molecular flexibility index (Phi) is 10.6. The minimum atomic E-state index is 0.494. The SMILES string of the molecule is N#Cc1cccc(-n2c3ccccc3c3cc(-c4nc(-c5ccccc5)nc(-c5ccccc5)n4)ccc32)c1-c1ncccc1-n1c2ccccc2c2cc(-c3nc(-c4ccccc4)nc(-c4ccccc4)n3)ccc21. The third-order valence-electron chi connectivity index (χ3n) is 13.9. The van der Waals surface area contributed by atoms with Crippen LogP contribution in [0.15, 0.2) is 243 Å². The van der Waals surface area contributed by atoms with Crippen LogP contribution >= 0.6 is 0 Å². The van der Waals surface area contributed by atoms with Crippen LogP contribution in [0.4, 0.5) is 0 Å². The van der Waals surface area contributed by atoms with Gasteiger partial charge in [-0.1, -0.05) is 164 Å². The van der Waals surface area contributed by atoms with Crippen molar-refractivity contribution in [3.63, 3.8) is 0 Å². The summed E-state index contributed by atoms with van der Waals surface area (Å²) in [5.74, 6) is 3.52. The van der Waals surface area contributed by atoms with Crippen LogP contribution in [0.2, 0.25) is 0 Å². The quantitative estimate of drug-likeness (QED) is 0.140. The molecule has 14 rings (SSSR count). The van der Waals surface area contributed by atoms with Crippen LogP contribution in [0, 0.1) is 11.3 Å². The van der Waals surface area contributed by atoms with E-state index in [1.165, 1.54) is 0 Å². The van der Waals surface area contributed by atoms with Crippen molar-refractivity contribution in [1.29, 1.82) is 5.26 Å². The molecule has 0 saturated carbocycles. The minimum absolute atomic E-state index is 0.494. The molecule has 14 aromatic rings. The van der Waals surface area contributed by atoms with Gasteiger partial charge < -0.3 is 9.13 Å². The number of aromatic nitrogens is 9. The van der Waals surface area contributed by atoms with E-state index in [2.05, 4.69) is 112 Å². The van der Waals surface area contributed by atoms with Gasteiger partial charge in [-0.3, -0.25) is 4.98 Å². The summed E-state index contributed by atoms with van der Waals surface area (Å²) in [6, 6.07) is 82.1. The zero-order valence-electron chi connectivity index (χ0n) is 40.6. The zero-order chi connectivity index (χ0) is 50.5. The third kappa shape index (κ3) is 7.54. The molecule has 0 amide bonds. The molecule has 0 atom stereocenters. The summed E-state index contributed by atoms with van der Waals surface area (Å²) in [4.78, 5) is 35.4. The summed E-state index contributed by atoms with van der Waals surface area (Å²) in [6.07, 6.45) is 1.80. The first-order valence-electron chi connectivity index (χ1n) is 25.0. The molecule has 0 saturated heterocycles. The molecule has 0 spiro atoms. The normalized spacial score (nSPS) is 11.4. The molecule has 0 fully saturated rings. The third-order valence-corrected chi connectivity index (χ3v) is 13.9. The number of para-hydroxylation sites is 2. The van der Waals surface area contributed by atoms with Gasteiger partial charge in [-0.25, -0.2) is 29.9 Å². The fourth-order valence-corrected chi connectivity index (χ4v) is 10.5. The van der Waals surface area contributed by atoms with E-state index in [4.69, 9.17) is 34.9 Å². The molecule has 5 heterocycles. The second-order valence-corrected chi connectivity index (χ2v) is 18.4. The maximum atomic E-state index is 11.1. The van der Waals surface area contributed by atoms with Crippen LogP contribution < -0.4 is 0 Å². The van der Waals surface area contributed by atoms with Crippen molar-refractivity contribution in [2.75, 3.05) is 0 Å². The predicted octanol–water partition coefficient (Wildman–Crippen LogP) is 15.2. The highest BCUT2D eigenvalue weighted by molar-refractivity contribution is 6.12. The van der Waals surface area contributed by atoms with E-state index in [-0.39, 0.29) is 0 Å². The van der Waals surface area contributed by atoms with Crippen molar-refractivity contribution in [3.05, 3.63) is 248 Å². The first-order chi connectivity index (χ1) is 37.6. The average molecular weight is 973 g/mol. The Balaban J connectivity index is 0.938. The van der Waals surface area contributed by atoms with Gasteiger partial charge in [0.2, 0.25) is 0 Å². The van der Waals surface area contributed by atoms with Crippen molar-refractivity contribution in [1.82, 2.24) is 44.0 Å². The van der Waals surface area contributed by atoms with Gasteiger partial charge in [-0.05, 0) is 72.8 Å². The number of hydrogen-bond acceptors (Lipinski definition) is 8. The van der Waals surface area contributed by atoms with Crippen LogP contribution in [-0.2, 0) is 0 Å². The molecule has 10 heteroatoms. The molecule has 5 aromatic heterocycles. The summed E-state index contributed by atoms with van der Waals surface area (Å²) < 4.78 is 4.51. The number of nitriles is 1. The number of hydrogen-bond donors (Lipinski definition) is 0. The van der Waals surface area contributed by atoms with Crippen molar-refractivity contribution >= 4 is 43.6 Å². The zero-order valence-corrected chi connectivity index (χ0v) is 40.6. The Labute approximate surface area is 436 Å². The highest BCUT2D eigenvalue weighted by Crippen LogP contribution is 2.43. The lowest BCUT2D eigenvalue weighted by Crippen LogP contribution is -2.04. The largest absolute Gasteiger partial charge is 0.309 e. The maximum Gasteiger partial charge on any atom is 0.164 e. The molecule has 0 unspecified atom stereocenters. The molecule has 0 aliphatic heterocycles. The fourth-order valence-electron chi connectivity index (χ4n) is 10.5. The summed E-state index contributed by atoms with van der Waals surface area (Å²) in [5, 5.41) is 15.2. The molecule has 0 aliphatic carbocycles. The summed E-state index contributed by atoms with van der Waals surface area (Å²) in [5.41, 5.74) is 12.7. The lowest BCUT2D eigenvalue weighted by molar-refractivity contribution is 1.07. The van der Waals surface area contributed by atoms with Gasteiger partial charge in [0.1, 0.15) is 0 Å². The van der Waals surface area contributed by atoms with Crippen LogP contribution in [0.1, 0.15) is 5.56 Å². The average Bonchev–Trinajstić information content (AvgIpc) is 4.04. The lowest BCUT2D eigenvalue weighted by Gasteiger charge is -2.18. The first kappa shape index (κ1) is 44.0. The van der Waals surface area contributed by atoms with Gasteiger partial charge in [0, 0.05) is 66.7 Å². The fraction of sp³-hybridized carbons (Fsp3) is 0. The summed E-state index contributed by atoms with van der Waals surface area (Å²) in [6.45, 7) is 0. The maximum absolute atomic E-state index is 11.1. The lowest BCUT2D eigenvalue weighted by atomic mass is 10.00. The highest BCUT2D eigenvalue weighted by atomic mass is 15.1. The Morgan fingerprint density at radius 2 is 0.671 bits per heavy atom. The Morgan fingerprint density at radius 3 is 1.11 bits per heavy atom.